The molecule has 1 aromatic rings. The Morgan fingerprint density at radius 2 is 1.86 bits per heavy atom. The first-order valence-corrected chi connectivity index (χ1v) is 11.2. The lowest BCUT2D eigenvalue weighted by molar-refractivity contribution is -0.123. The summed E-state index contributed by atoms with van der Waals surface area (Å²) in [6.45, 7) is 7.16. The molecule has 1 aliphatic heterocycles. The first kappa shape index (κ1) is 19.7. The number of benzene rings is 1. The Hall–Kier alpha value is -1.59. The van der Waals surface area contributed by atoms with Gasteiger partial charge in [-0.05, 0) is 62.1 Å². The zero-order chi connectivity index (χ0) is 19.5. The maximum Gasteiger partial charge on any atom is 0.221 e. The van der Waals surface area contributed by atoms with Gasteiger partial charge in [0.2, 0.25) is 5.91 Å². The molecule has 1 saturated heterocycles. The number of carbonyl (C=O) groups excluding carboxylic acids is 1. The van der Waals surface area contributed by atoms with Gasteiger partial charge in [-0.15, -0.1) is 0 Å². The van der Waals surface area contributed by atoms with Crippen LogP contribution in [0.25, 0.3) is 0 Å². The van der Waals surface area contributed by atoms with Crippen molar-refractivity contribution in [1.29, 1.82) is 0 Å². The molecule has 0 radical (unpaired) electrons. The summed E-state index contributed by atoms with van der Waals surface area (Å²) in [6.07, 6.45) is 6.56. The van der Waals surface area contributed by atoms with Gasteiger partial charge in [0.1, 0.15) is 0 Å². The van der Waals surface area contributed by atoms with Crippen LogP contribution >= 0.6 is 0 Å². The Balaban J connectivity index is 1.21. The maximum absolute atomic E-state index is 12.6. The van der Waals surface area contributed by atoms with Gasteiger partial charge in [-0.2, -0.15) is 0 Å². The summed E-state index contributed by atoms with van der Waals surface area (Å²) < 4.78 is 0. The van der Waals surface area contributed by atoms with Crippen LogP contribution in [0.15, 0.2) is 24.3 Å². The molecule has 3 N–H and O–H groups in total. The van der Waals surface area contributed by atoms with E-state index < -0.39 is 0 Å². The molecule has 28 heavy (non-hydrogen) atoms. The minimum atomic E-state index is 0.235. The minimum Gasteiger partial charge on any atom is -0.369 e. The second-order valence-corrected chi connectivity index (χ2v) is 9.19. The number of rotatable bonds is 5. The van der Waals surface area contributed by atoms with Crippen LogP contribution in [0.2, 0.25) is 0 Å². The number of fused-ring (bicyclic) bond motifs is 2. The summed E-state index contributed by atoms with van der Waals surface area (Å²) in [5, 5.41) is 3.39. The van der Waals surface area contributed by atoms with Gasteiger partial charge in [0, 0.05) is 56.9 Å². The summed E-state index contributed by atoms with van der Waals surface area (Å²) >= 11 is 0. The van der Waals surface area contributed by atoms with Crippen molar-refractivity contribution in [2.45, 2.75) is 57.5 Å². The molecule has 2 aliphatic carbocycles. The topological polar surface area (TPSA) is 61.6 Å². The summed E-state index contributed by atoms with van der Waals surface area (Å²) in [4.78, 5) is 17.5. The van der Waals surface area contributed by atoms with Gasteiger partial charge >= 0.3 is 0 Å². The van der Waals surface area contributed by atoms with Crippen molar-refractivity contribution in [2.75, 3.05) is 37.6 Å². The Morgan fingerprint density at radius 3 is 2.54 bits per heavy atom. The van der Waals surface area contributed by atoms with Crippen LogP contribution in [-0.4, -0.2) is 55.6 Å². The van der Waals surface area contributed by atoms with Crippen LogP contribution in [-0.2, 0) is 4.79 Å². The molecule has 1 aromatic carbocycles. The molecule has 3 fully saturated rings. The van der Waals surface area contributed by atoms with Crippen LogP contribution in [0.4, 0.5) is 5.69 Å². The number of carbonyl (C=O) groups is 1. The number of hydrogen-bond acceptors (Lipinski definition) is 4. The number of aryl methyl sites for hydroxylation is 1. The van der Waals surface area contributed by atoms with Crippen molar-refractivity contribution >= 4 is 11.6 Å². The smallest absolute Gasteiger partial charge is 0.221 e. The maximum atomic E-state index is 12.6. The Morgan fingerprint density at radius 1 is 1.14 bits per heavy atom. The van der Waals surface area contributed by atoms with E-state index >= 15 is 0 Å². The molecule has 2 bridgehead atoms. The molecule has 5 heteroatoms. The van der Waals surface area contributed by atoms with Gasteiger partial charge in [-0.3, -0.25) is 9.69 Å². The number of amides is 1. The molecule has 1 amide bonds. The number of hydrogen-bond donors (Lipinski definition) is 2. The van der Waals surface area contributed by atoms with Gasteiger partial charge in [0.25, 0.3) is 0 Å². The van der Waals surface area contributed by atoms with Crippen LogP contribution in [0.5, 0.6) is 0 Å². The van der Waals surface area contributed by atoms with Crippen molar-refractivity contribution in [3.05, 3.63) is 29.8 Å². The quantitative estimate of drug-likeness (QED) is 0.819. The predicted octanol–water partition coefficient (Wildman–Crippen LogP) is 2.53. The third-order valence-electron chi connectivity index (χ3n) is 7.10. The van der Waals surface area contributed by atoms with E-state index in [0.717, 1.165) is 45.6 Å². The highest BCUT2D eigenvalue weighted by molar-refractivity contribution is 5.76. The SMILES string of the molecule is Cc1cccc(N2CCN(CCC(=O)NC3C4CCCC3CC(N)C4)CC2)c1. The number of nitrogens with two attached hydrogens (primary N) is 1. The second kappa shape index (κ2) is 8.83. The standard InChI is InChI=1S/C23H36N4O/c1-17-4-2-7-21(14-17)27-12-10-26(11-13-27)9-8-22(28)25-23-18-5-3-6-19(23)16-20(24)15-18/h2,4,7,14,18-20,23H,3,5-6,8-13,15-16,24H2,1H3,(H,25,28). The molecular weight excluding hydrogens is 348 g/mol. The largest absolute Gasteiger partial charge is 0.369 e. The average molecular weight is 385 g/mol. The van der Waals surface area contributed by atoms with Crippen molar-refractivity contribution in [1.82, 2.24) is 10.2 Å². The second-order valence-electron chi connectivity index (χ2n) is 9.19. The van der Waals surface area contributed by atoms with Crippen LogP contribution in [0.3, 0.4) is 0 Å². The van der Waals surface area contributed by atoms with Gasteiger partial charge in [-0.1, -0.05) is 18.6 Å². The molecule has 2 atom stereocenters. The van der Waals surface area contributed by atoms with Gasteiger partial charge in [0.05, 0.1) is 0 Å². The number of anilines is 1. The number of nitrogens with zero attached hydrogens (tertiary/aromatic N) is 2. The number of piperazine rings is 1. The van der Waals surface area contributed by atoms with E-state index in [4.69, 9.17) is 5.73 Å². The third kappa shape index (κ3) is 4.69. The van der Waals surface area contributed by atoms with E-state index in [0.29, 0.717) is 30.3 Å². The Kier molecular flexibility index (Phi) is 6.22. The highest BCUT2D eigenvalue weighted by Crippen LogP contribution is 2.39. The van der Waals surface area contributed by atoms with E-state index in [1.807, 2.05) is 0 Å². The first-order chi connectivity index (χ1) is 13.6. The van der Waals surface area contributed by atoms with Crippen molar-refractivity contribution < 1.29 is 4.79 Å². The molecule has 154 valence electrons. The summed E-state index contributed by atoms with van der Waals surface area (Å²) in [6, 6.07) is 9.45. The highest BCUT2D eigenvalue weighted by Gasteiger charge is 2.39. The normalized spacial score (nSPS) is 30.9. The Bertz CT molecular complexity index is 656. The average Bonchev–Trinajstić information content (AvgIpc) is 2.67. The van der Waals surface area contributed by atoms with Gasteiger partial charge in [-0.25, -0.2) is 0 Å². The first-order valence-electron chi connectivity index (χ1n) is 11.2. The molecule has 0 aromatic heterocycles. The fourth-order valence-electron chi connectivity index (χ4n) is 5.60. The lowest BCUT2D eigenvalue weighted by Gasteiger charge is -2.45. The molecule has 2 unspecified atom stereocenters. The Labute approximate surface area is 169 Å². The van der Waals surface area contributed by atoms with E-state index in [2.05, 4.69) is 46.3 Å². The van der Waals surface area contributed by atoms with Crippen molar-refractivity contribution in [2.24, 2.45) is 17.6 Å². The molecular formula is C23H36N4O. The van der Waals surface area contributed by atoms with E-state index in [1.165, 1.54) is 30.5 Å². The zero-order valence-corrected chi connectivity index (χ0v) is 17.3. The van der Waals surface area contributed by atoms with E-state index in [1.54, 1.807) is 0 Å². The lowest BCUT2D eigenvalue weighted by atomic mass is 9.67. The fraction of sp³-hybridized carbons (Fsp3) is 0.696. The fourth-order valence-corrected chi connectivity index (χ4v) is 5.60. The van der Waals surface area contributed by atoms with Gasteiger partial charge in [0.15, 0.2) is 0 Å². The third-order valence-corrected chi connectivity index (χ3v) is 7.10. The minimum absolute atomic E-state index is 0.235. The highest BCUT2D eigenvalue weighted by atomic mass is 16.1. The van der Waals surface area contributed by atoms with E-state index in [9.17, 15) is 4.79 Å². The van der Waals surface area contributed by atoms with E-state index in [-0.39, 0.29) is 5.91 Å². The molecule has 2 saturated carbocycles. The van der Waals surface area contributed by atoms with Crippen LogP contribution in [0.1, 0.15) is 44.1 Å². The van der Waals surface area contributed by atoms with Crippen molar-refractivity contribution in [3.8, 4) is 0 Å². The van der Waals surface area contributed by atoms with Gasteiger partial charge < -0.3 is 16.0 Å². The molecule has 0 spiro atoms. The lowest BCUT2D eigenvalue weighted by Crippen LogP contribution is -2.54. The molecule has 5 nitrogen and oxygen atoms in total. The summed E-state index contributed by atoms with van der Waals surface area (Å²) in [7, 11) is 0. The van der Waals surface area contributed by atoms with Crippen LogP contribution in [0, 0.1) is 18.8 Å². The monoisotopic (exact) mass is 384 g/mol. The number of nitrogens with one attached hydrogen (secondary N) is 1. The van der Waals surface area contributed by atoms with Crippen molar-refractivity contribution in [3.63, 3.8) is 0 Å². The predicted molar refractivity (Wildman–Crippen MR) is 114 cm³/mol. The zero-order valence-electron chi connectivity index (χ0n) is 17.3. The molecule has 1 heterocycles. The summed E-state index contributed by atoms with van der Waals surface area (Å²) in [5.74, 6) is 1.44. The van der Waals surface area contributed by atoms with Crippen LogP contribution < -0.4 is 16.0 Å². The molecule has 3 aliphatic rings. The summed E-state index contributed by atoms with van der Waals surface area (Å²) in [5.41, 5.74) is 8.84. The molecule has 4 rings (SSSR count).